The molecule has 4 unspecified atom stereocenters. The summed E-state index contributed by atoms with van der Waals surface area (Å²) in [6.07, 6.45) is 5.70. The van der Waals surface area contributed by atoms with E-state index >= 15 is 0 Å². The van der Waals surface area contributed by atoms with Gasteiger partial charge in [-0.2, -0.15) is 0 Å². The van der Waals surface area contributed by atoms with Gasteiger partial charge in [0.15, 0.2) is 0 Å². The largest absolute Gasteiger partial charge is 0.319 e. The van der Waals surface area contributed by atoms with E-state index in [2.05, 4.69) is 55.3 Å². The Morgan fingerprint density at radius 1 is 1.20 bits per heavy atom. The lowest BCUT2D eigenvalue weighted by atomic mass is 9.70. The van der Waals surface area contributed by atoms with Gasteiger partial charge in [0.2, 0.25) is 0 Å². The molecule has 4 atom stereocenters. The van der Waals surface area contributed by atoms with Crippen LogP contribution in [0, 0.1) is 17.8 Å². The molecule has 110 valence electrons. The Morgan fingerprint density at radius 2 is 2.05 bits per heavy atom. The lowest BCUT2D eigenvalue weighted by Crippen LogP contribution is -2.32. The molecule has 0 aromatic heterocycles. The average molecular weight is 289 g/mol. The van der Waals surface area contributed by atoms with Gasteiger partial charge in [0.1, 0.15) is 0 Å². The van der Waals surface area contributed by atoms with Crippen molar-refractivity contribution >= 4 is 11.8 Å². The first-order valence-corrected chi connectivity index (χ1v) is 9.12. The van der Waals surface area contributed by atoms with Crippen LogP contribution in [-0.4, -0.2) is 19.3 Å². The maximum absolute atomic E-state index is 3.42. The van der Waals surface area contributed by atoms with Crippen LogP contribution in [0.3, 0.4) is 0 Å². The summed E-state index contributed by atoms with van der Waals surface area (Å²) in [6, 6.07) is 9.06. The molecule has 1 aromatic carbocycles. The Balaban J connectivity index is 1.69. The summed E-state index contributed by atoms with van der Waals surface area (Å²) in [7, 11) is 2.11. The quantitative estimate of drug-likeness (QED) is 0.873. The van der Waals surface area contributed by atoms with Crippen molar-refractivity contribution < 1.29 is 0 Å². The van der Waals surface area contributed by atoms with Crippen molar-refractivity contribution in [1.82, 2.24) is 5.32 Å². The van der Waals surface area contributed by atoms with E-state index in [1.165, 1.54) is 42.9 Å². The number of hydrogen-bond donors (Lipinski definition) is 1. The molecule has 2 heteroatoms. The summed E-state index contributed by atoms with van der Waals surface area (Å²) >= 11 is 2.06. The molecule has 1 fully saturated rings. The summed E-state index contributed by atoms with van der Waals surface area (Å²) in [5, 5.41) is 3.42. The van der Waals surface area contributed by atoms with Crippen LogP contribution in [-0.2, 0) is 0 Å². The molecule has 2 aliphatic rings. The van der Waals surface area contributed by atoms with Gasteiger partial charge in [0.25, 0.3) is 0 Å². The van der Waals surface area contributed by atoms with Crippen LogP contribution in [0.15, 0.2) is 29.2 Å². The molecule has 0 saturated heterocycles. The molecule has 1 heterocycles. The number of fused-ring (bicyclic) bond motifs is 1. The molecule has 0 spiro atoms. The maximum atomic E-state index is 3.42. The lowest BCUT2D eigenvalue weighted by molar-refractivity contribution is 0.171. The second-order valence-electron chi connectivity index (χ2n) is 6.78. The zero-order chi connectivity index (χ0) is 13.9. The van der Waals surface area contributed by atoms with Crippen molar-refractivity contribution in [2.45, 2.75) is 43.4 Å². The van der Waals surface area contributed by atoms with E-state index in [0.717, 1.165) is 23.7 Å². The molecular formula is C18H27NS. The summed E-state index contributed by atoms with van der Waals surface area (Å²) in [4.78, 5) is 1.53. The fraction of sp³-hybridized carbons (Fsp3) is 0.667. The van der Waals surface area contributed by atoms with E-state index < -0.39 is 0 Å². The molecule has 1 aliphatic heterocycles. The van der Waals surface area contributed by atoms with Crippen LogP contribution in [0.5, 0.6) is 0 Å². The monoisotopic (exact) mass is 289 g/mol. The first kappa shape index (κ1) is 14.5. The van der Waals surface area contributed by atoms with Crippen molar-refractivity contribution in [2.24, 2.45) is 17.8 Å². The molecule has 20 heavy (non-hydrogen) atoms. The summed E-state index contributed by atoms with van der Waals surface area (Å²) < 4.78 is 0. The first-order valence-electron chi connectivity index (χ1n) is 8.14. The topological polar surface area (TPSA) is 12.0 Å². The number of thioether (sulfide) groups is 1. The highest BCUT2D eigenvalue weighted by atomic mass is 32.2. The third kappa shape index (κ3) is 3.07. The van der Waals surface area contributed by atoms with E-state index in [-0.39, 0.29) is 0 Å². The highest BCUT2D eigenvalue weighted by Gasteiger charge is 2.32. The molecule has 3 rings (SSSR count). The number of rotatable bonds is 4. The summed E-state index contributed by atoms with van der Waals surface area (Å²) in [5.41, 5.74) is 1.62. The third-order valence-electron chi connectivity index (χ3n) is 5.25. The fourth-order valence-electron chi connectivity index (χ4n) is 4.17. The van der Waals surface area contributed by atoms with E-state index in [0.29, 0.717) is 0 Å². The molecule has 1 N–H and O–H groups in total. The lowest BCUT2D eigenvalue weighted by Gasteiger charge is -2.36. The Kier molecular flexibility index (Phi) is 4.72. The summed E-state index contributed by atoms with van der Waals surface area (Å²) in [5.74, 6) is 4.84. The minimum absolute atomic E-state index is 0.797. The van der Waals surface area contributed by atoms with E-state index in [1.54, 1.807) is 5.56 Å². The van der Waals surface area contributed by atoms with E-state index in [4.69, 9.17) is 0 Å². The van der Waals surface area contributed by atoms with Gasteiger partial charge in [0.05, 0.1) is 0 Å². The van der Waals surface area contributed by atoms with Crippen LogP contribution in [0.4, 0.5) is 0 Å². The minimum atomic E-state index is 0.797. The first-order chi connectivity index (χ1) is 9.78. The normalized spacial score (nSPS) is 33.1. The second-order valence-corrected chi connectivity index (χ2v) is 7.84. The highest BCUT2D eigenvalue weighted by molar-refractivity contribution is 7.99. The van der Waals surface area contributed by atoms with Gasteiger partial charge in [-0.15, -0.1) is 11.8 Å². The Morgan fingerprint density at radius 3 is 2.90 bits per heavy atom. The van der Waals surface area contributed by atoms with E-state index in [1.807, 2.05) is 0 Å². The smallest absolute Gasteiger partial charge is 0.0107 e. The molecule has 1 saturated carbocycles. The van der Waals surface area contributed by atoms with Gasteiger partial charge in [0, 0.05) is 10.6 Å². The average Bonchev–Trinajstić information content (AvgIpc) is 2.86. The van der Waals surface area contributed by atoms with Gasteiger partial charge >= 0.3 is 0 Å². The van der Waals surface area contributed by atoms with Crippen LogP contribution < -0.4 is 5.32 Å². The summed E-state index contributed by atoms with van der Waals surface area (Å²) in [6.45, 7) is 3.65. The number of hydrogen-bond acceptors (Lipinski definition) is 2. The van der Waals surface area contributed by atoms with Gasteiger partial charge in [-0.1, -0.05) is 31.5 Å². The zero-order valence-electron chi connectivity index (χ0n) is 12.8. The number of benzene rings is 1. The molecule has 1 aliphatic carbocycles. The van der Waals surface area contributed by atoms with Crippen molar-refractivity contribution in [1.29, 1.82) is 0 Å². The van der Waals surface area contributed by atoms with Gasteiger partial charge in [-0.05, 0) is 68.2 Å². The van der Waals surface area contributed by atoms with Gasteiger partial charge < -0.3 is 5.32 Å². The SMILES string of the molecule is CNCC1CCC(C)CC1CC1CSc2ccccc21. The predicted octanol–water partition coefficient (Wildman–Crippen LogP) is 4.54. The number of nitrogens with one attached hydrogen (secondary N) is 1. The standard InChI is InChI=1S/C18H27NS/c1-13-7-8-14(11-19-2)15(9-13)10-16-12-20-18-6-4-3-5-17(16)18/h3-6,13-16,19H,7-12H2,1-2H3. The predicted molar refractivity (Wildman–Crippen MR) is 88.4 cm³/mol. The van der Waals surface area contributed by atoms with Crippen molar-refractivity contribution in [3.63, 3.8) is 0 Å². The Hall–Kier alpha value is -0.470. The van der Waals surface area contributed by atoms with E-state index in [9.17, 15) is 0 Å². The minimum Gasteiger partial charge on any atom is -0.319 e. The molecular weight excluding hydrogens is 262 g/mol. The van der Waals surface area contributed by atoms with Crippen LogP contribution in [0.2, 0.25) is 0 Å². The van der Waals surface area contributed by atoms with Crippen molar-refractivity contribution in [2.75, 3.05) is 19.3 Å². The van der Waals surface area contributed by atoms with Gasteiger partial charge in [-0.25, -0.2) is 0 Å². The maximum Gasteiger partial charge on any atom is 0.0107 e. The molecule has 0 amide bonds. The highest BCUT2D eigenvalue weighted by Crippen LogP contribution is 2.46. The van der Waals surface area contributed by atoms with Crippen molar-refractivity contribution in [3.05, 3.63) is 29.8 Å². The van der Waals surface area contributed by atoms with Crippen LogP contribution in [0.25, 0.3) is 0 Å². The van der Waals surface area contributed by atoms with Crippen LogP contribution >= 0.6 is 11.8 Å². The molecule has 1 nitrogen and oxygen atoms in total. The molecule has 1 aromatic rings. The van der Waals surface area contributed by atoms with Crippen LogP contribution in [0.1, 0.15) is 44.1 Å². The third-order valence-corrected chi connectivity index (χ3v) is 6.51. The molecule has 0 bridgehead atoms. The Bertz CT molecular complexity index is 445. The molecule has 0 radical (unpaired) electrons. The Labute approximate surface area is 127 Å². The van der Waals surface area contributed by atoms with Crippen molar-refractivity contribution in [3.8, 4) is 0 Å². The van der Waals surface area contributed by atoms with Gasteiger partial charge in [-0.3, -0.25) is 0 Å². The zero-order valence-corrected chi connectivity index (χ0v) is 13.6. The second kappa shape index (κ2) is 6.53. The fourth-order valence-corrected chi connectivity index (χ4v) is 5.44.